The first kappa shape index (κ1) is 19.9. The molecule has 1 saturated carbocycles. The van der Waals surface area contributed by atoms with Crippen LogP contribution in [0.15, 0.2) is 36.4 Å². The highest BCUT2D eigenvalue weighted by molar-refractivity contribution is 6.43. The van der Waals surface area contributed by atoms with E-state index in [0.717, 1.165) is 55.1 Å². The lowest BCUT2D eigenvalue weighted by Gasteiger charge is -2.30. The van der Waals surface area contributed by atoms with Gasteiger partial charge in [0.25, 0.3) is 0 Å². The highest BCUT2D eigenvalue weighted by atomic mass is 35.5. The Morgan fingerprint density at radius 3 is 2.60 bits per heavy atom. The van der Waals surface area contributed by atoms with Gasteiger partial charge in [-0.25, -0.2) is 13.3 Å². The lowest BCUT2D eigenvalue weighted by Crippen LogP contribution is -2.44. The molecule has 1 aliphatic heterocycles. The zero-order valence-corrected chi connectivity index (χ0v) is 17.6. The van der Waals surface area contributed by atoms with Crippen LogP contribution in [0, 0.1) is 11.6 Å². The van der Waals surface area contributed by atoms with Crippen LogP contribution >= 0.6 is 23.2 Å². The van der Waals surface area contributed by atoms with E-state index in [9.17, 15) is 8.78 Å². The molecule has 2 heterocycles. The van der Waals surface area contributed by atoms with E-state index >= 15 is 0 Å². The van der Waals surface area contributed by atoms with Crippen molar-refractivity contribution in [1.82, 2.24) is 15.5 Å². The molecule has 1 aromatic heterocycles. The third-order valence-electron chi connectivity index (χ3n) is 6.07. The molecule has 2 aliphatic rings. The summed E-state index contributed by atoms with van der Waals surface area (Å²) in [5.41, 5.74) is 1.59. The fourth-order valence-electron chi connectivity index (χ4n) is 4.45. The summed E-state index contributed by atoms with van der Waals surface area (Å²) in [7, 11) is 0. The standard InChI is InChI=1S/C22H20Cl2F2N4/c23-17-3-1-2-15(20(17)24)21-28-29-22(30(21)13-5-6-13)16-11-27-9-8-14(16)12-4-7-18(25)19(26)10-12/h1-4,7,10,13-14,16,27H,5-6,8-9,11H2/p+1/t14-,16+/m1/s1. The minimum Gasteiger partial charge on any atom is -0.316 e. The van der Waals surface area contributed by atoms with Crippen LogP contribution in [0.2, 0.25) is 10.0 Å². The van der Waals surface area contributed by atoms with Crippen LogP contribution < -0.4 is 9.88 Å². The lowest BCUT2D eigenvalue weighted by atomic mass is 9.80. The maximum atomic E-state index is 13.9. The van der Waals surface area contributed by atoms with Crippen LogP contribution in [0.25, 0.3) is 11.4 Å². The van der Waals surface area contributed by atoms with Crippen LogP contribution in [0.5, 0.6) is 0 Å². The van der Waals surface area contributed by atoms with Gasteiger partial charge < -0.3 is 5.32 Å². The third-order valence-corrected chi connectivity index (χ3v) is 6.89. The predicted molar refractivity (Wildman–Crippen MR) is 112 cm³/mol. The maximum absolute atomic E-state index is 13.9. The first-order chi connectivity index (χ1) is 14.5. The van der Waals surface area contributed by atoms with Crippen LogP contribution in [0.3, 0.4) is 0 Å². The zero-order valence-electron chi connectivity index (χ0n) is 16.1. The van der Waals surface area contributed by atoms with Crippen molar-refractivity contribution < 1.29 is 13.3 Å². The van der Waals surface area contributed by atoms with Crippen LogP contribution in [0.1, 0.15) is 48.5 Å². The fraction of sp³-hybridized carbons (Fsp3) is 0.364. The molecule has 0 spiro atoms. The van der Waals surface area contributed by atoms with Gasteiger partial charge in [0.05, 0.1) is 27.6 Å². The van der Waals surface area contributed by atoms with Crippen LogP contribution in [-0.2, 0) is 0 Å². The molecule has 30 heavy (non-hydrogen) atoms. The van der Waals surface area contributed by atoms with Gasteiger partial charge in [-0.1, -0.05) is 35.3 Å². The molecule has 0 radical (unpaired) electrons. The number of rotatable bonds is 4. The largest absolute Gasteiger partial charge is 0.316 e. The van der Waals surface area contributed by atoms with Gasteiger partial charge in [-0.15, -0.1) is 5.10 Å². The molecular weight excluding hydrogens is 429 g/mol. The third kappa shape index (κ3) is 3.51. The SMILES string of the molecule is Fc1ccc([C@H]2CCNC[C@@H]2c2[nH]nc(-c3cccc(Cl)c3Cl)[n+]2C2CC2)cc1F. The Balaban J connectivity index is 1.59. The molecule has 2 aromatic carbocycles. The first-order valence-corrected chi connectivity index (χ1v) is 10.9. The second kappa shape index (κ2) is 7.91. The number of aromatic amines is 1. The Hall–Kier alpha value is -2.02. The van der Waals surface area contributed by atoms with Crippen LogP contribution in [0.4, 0.5) is 8.78 Å². The molecule has 3 aromatic rings. The highest BCUT2D eigenvalue weighted by Gasteiger charge is 2.42. The molecule has 2 N–H and O–H groups in total. The number of hydrogen-bond donors (Lipinski definition) is 2. The maximum Gasteiger partial charge on any atom is 0.310 e. The van der Waals surface area contributed by atoms with Gasteiger partial charge in [0, 0.05) is 11.6 Å². The molecule has 2 atom stereocenters. The number of hydrogen-bond acceptors (Lipinski definition) is 2. The Bertz CT molecular complexity index is 1100. The molecule has 1 aliphatic carbocycles. The molecule has 2 fully saturated rings. The van der Waals surface area contributed by atoms with Crippen molar-refractivity contribution in [3.05, 3.63) is 69.5 Å². The summed E-state index contributed by atoms with van der Waals surface area (Å²) in [4.78, 5) is 0. The van der Waals surface area contributed by atoms with E-state index in [1.54, 1.807) is 12.1 Å². The summed E-state index contributed by atoms with van der Waals surface area (Å²) in [6.45, 7) is 1.55. The number of aromatic nitrogens is 3. The van der Waals surface area contributed by atoms with Crippen LogP contribution in [-0.4, -0.2) is 23.3 Å². The normalized spacial score (nSPS) is 21.7. The lowest BCUT2D eigenvalue weighted by molar-refractivity contribution is -0.698. The monoisotopic (exact) mass is 449 g/mol. The Morgan fingerprint density at radius 2 is 1.83 bits per heavy atom. The molecule has 0 bridgehead atoms. The summed E-state index contributed by atoms with van der Waals surface area (Å²) in [6.07, 6.45) is 2.96. The van der Waals surface area contributed by atoms with Gasteiger partial charge in [0.15, 0.2) is 11.6 Å². The van der Waals surface area contributed by atoms with E-state index in [1.165, 1.54) is 12.1 Å². The number of benzene rings is 2. The van der Waals surface area contributed by atoms with E-state index in [4.69, 9.17) is 23.2 Å². The number of H-pyrrole nitrogens is 1. The smallest absolute Gasteiger partial charge is 0.310 e. The summed E-state index contributed by atoms with van der Waals surface area (Å²) in [5, 5.41) is 12.3. The van der Waals surface area contributed by atoms with Gasteiger partial charge in [0.2, 0.25) is 5.82 Å². The topological polar surface area (TPSA) is 44.6 Å². The minimum absolute atomic E-state index is 0.0448. The van der Waals surface area contributed by atoms with E-state index < -0.39 is 11.6 Å². The Kier molecular flexibility index (Phi) is 5.25. The Morgan fingerprint density at radius 1 is 1.00 bits per heavy atom. The van der Waals surface area contributed by atoms with Gasteiger partial charge in [0.1, 0.15) is 0 Å². The summed E-state index contributed by atoms with van der Waals surface area (Å²) < 4.78 is 29.7. The molecular formula is C22H21Cl2F2N4+. The molecule has 8 heteroatoms. The summed E-state index contributed by atoms with van der Waals surface area (Å²) in [6, 6.07) is 10.1. The van der Waals surface area contributed by atoms with Crippen molar-refractivity contribution in [2.24, 2.45) is 0 Å². The number of nitrogens with one attached hydrogen (secondary N) is 2. The number of halogens is 4. The van der Waals surface area contributed by atoms with Crippen molar-refractivity contribution >= 4 is 23.2 Å². The second-order valence-corrected chi connectivity index (χ2v) is 8.80. The fourth-order valence-corrected chi connectivity index (χ4v) is 4.84. The van der Waals surface area contributed by atoms with Crippen molar-refractivity contribution in [1.29, 1.82) is 0 Å². The highest BCUT2D eigenvalue weighted by Crippen LogP contribution is 2.40. The molecule has 0 unspecified atom stereocenters. The first-order valence-electron chi connectivity index (χ1n) is 10.1. The Labute approximate surface area is 183 Å². The van der Waals surface area contributed by atoms with Gasteiger partial charge in [-0.05, 0) is 61.6 Å². The van der Waals surface area contributed by atoms with Crippen molar-refractivity contribution in [2.45, 2.75) is 37.1 Å². The summed E-state index contributed by atoms with van der Waals surface area (Å²) >= 11 is 12.7. The molecule has 0 amide bonds. The number of nitrogens with zero attached hydrogens (tertiary/aromatic N) is 2. The van der Waals surface area contributed by atoms with Crippen molar-refractivity contribution in [3.63, 3.8) is 0 Å². The van der Waals surface area contributed by atoms with Crippen molar-refractivity contribution in [3.8, 4) is 11.4 Å². The van der Waals surface area contributed by atoms with Gasteiger partial charge >= 0.3 is 5.82 Å². The minimum atomic E-state index is -0.822. The van der Waals surface area contributed by atoms with Gasteiger partial charge in [-0.2, -0.15) is 0 Å². The average Bonchev–Trinajstić information content (AvgIpc) is 3.50. The number of piperidine rings is 1. The van der Waals surface area contributed by atoms with Crippen molar-refractivity contribution in [2.75, 3.05) is 13.1 Å². The van der Waals surface area contributed by atoms with E-state index in [1.807, 2.05) is 12.1 Å². The quantitative estimate of drug-likeness (QED) is 0.541. The molecule has 4 nitrogen and oxygen atoms in total. The molecule has 156 valence electrons. The zero-order chi connectivity index (χ0) is 20.8. The van der Waals surface area contributed by atoms with Gasteiger partial charge in [-0.3, -0.25) is 0 Å². The molecule has 1 saturated heterocycles. The summed E-state index contributed by atoms with van der Waals surface area (Å²) in [5.74, 6) is 0.200. The van der Waals surface area contributed by atoms with E-state index in [0.29, 0.717) is 16.1 Å². The second-order valence-electron chi connectivity index (χ2n) is 8.01. The molecule has 5 rings (SSSR count). The average molecular weight is 450 g/mol. The van der Waals surface area contributed by atoms with E-state index in [-0.39, 0.29) is 11.8 Å². The van der Waals surface area contributed by atoms with E-state index in [2.05, 4.69) is 20.1 Å². The predicted octanol–water partition coefficient (Wildman–Crippen LogP) is 5.14.